The molecule has 8 bridgehead atoms. The van der Waals surface area contributed by atoms with Crippen LogP contribution in [-0.4, -0.2) is 10.2 Å². The van der Waals surface area contributed by atoms with Gasteiger partial charge in [0, 0.05) is 10.9 Å². The lowest BCUT2D eigenvalue weighted by molar-refractivity contribution is -0.00609. The Morgan fingerprint density at radius 3 is 1.41 bits per heavy atom. The highest BCUT2D eigenvalue weighted by molar-refractivity contribution is 5.94. The summed E-state index contributed by atoms with van der Waals surface area (Å²) in [4.78, 5) is 0. The third-order valence-electron chi connectivity index (χ3n) is 11.3. The van der Waals surface area contributed by atoms with Crippen molar-refractivity contribution in [3.05, 3.63) is 35.4 Å². The smallest absolute Gasteiger partial charge is 0.123 e. The van der Waals surface area contributed by atoms with Crippen LogP contribution in [0.3, 0.4) is 0 Å². The maximum Gasteiger partial charge on any atom is 0.123 e. The molecule has 0 radical (unpaired) electrons. The van der Waals surface area contributed by atoms with Crippen molar-refractivity contribution >= 4 is 10.8 Å². The molecule has 0 unspecified atom stereocenters. The third kappa shape index (κ3) is 2.42. The van der Waals surface area contributed by atoms with Gasteiger partial charge in [0.1, 0.15) is 11.5 Å². The quantitative estimate of drug-likeness (QED) is 0.531. The number of rotatable bonds is 2. The van der Waals surface area contributed by atoms with Crippen LogP contribution in [0.5, 0.6) is 11.5 Å². The van der Waals surface area contributed by atoms with E-state index in [1.54, 1.807) is 0 Å². The number of hydrogen-bond donors (Lipinski definition) is 2. The van der Waals surface area contributed by atoms with Crippen molar-refractivity contribution in [1.29, 1.82) is 0 Å². The lowest BCUT2D eigenvalue weighted by atomic mass is 9.47. The molecule has 0 spiro atoms. The first-order valence-corrected chi connectivity index (χ1v) is 13.5. The zero-order valence-corrected chi connectivity index (χ0v) is 19.2. The molecule has 2 nitrogen and oxygen atoms in total. The van der Waals surface area contributed by atoms with E-state index in [0.717, 1.165) is 51.8 Å². The zero-order chi connectivity index (χ0) is 21.2. The molecule has 8 aliphatic rings. The van der Waals surface area contributed by atoms with Gasteiger partial charge in [-0.25, -0.2) is 0 Å². The van der Waals surface area contributed by atoms with Crippen LogP contribution in [0.1, 0.15) is 88.2 Å². The maximum atomic E-state index is 11.5. The van der Waals surface area contributed by atoms with Crippen LogP contribution >= 0.6 is 0 Å². The van der Waals surface area contributed by atoms with Crippen molar-refractivity contribution in [2.45, 2.75) is 87.9 Å². The second-order valence-corrected chi connectivity index (χ2v) is 13.4. The average molecular weight is 429 g/mol. The number of fused-ring (bicyclic) bond motifs is 1. The van der Waals surface area contributed by atoms with Crippen LogP contribution in [0, 0.1) is 35.5 Å². The van der Waals surface area contributed by atoms with Crippen LogP contribution in [0.25, 0.3) is 10.8 Å². The number of aromatic hydroxyl groups is 2. The topological polar surface area (TPSA) is 40.5 Å². The Morgan fingerprint density at radius 1 is 0.500 bits per heavy atom. The van der Waals surface area contributed by atoms with E-state index in [4.69, 9.17) is 0 Å². The molecule has 10 rings (SSSR count). The Bertz CT molecular complexity index is 1060. The molecule has 8 aliphatic carbocycles. The predicted molar refractivity (Wildman–Crippen MR) is 127 cm³/mol. The Hall–Kier alpha value is -1.70. The SMILES string of the molecule is Oc1cc2c(C34CC5CC(CC(C5)C3)C4)ccc(O)c2cc1C12CC3CC(CC(C3)C1)C2. The second-order valence-electron chi connectivity index (χ2n) is 13.4. The van der Waals surface area contributed by atoms with Gasteiger partial charge >= 0.3 is 0 Å². The fraction of sp³-hybridized carbons (Fsp3) is 0.667. The van der Waals surface area contributed by atoms with Crippen LogP contribution in [0.4, 0.5) is 0 Å². The van der Waals surface area contributed by atoms with Gasteiger partial charge in [-0.1, -0.05) is 6.07 Å². The van der Waals surface area contributed by atoms with E-state index in [0.29, 0.717) is 11.5 Å². The predicted octanol–water partition coefficient (Wildman–Crippen LogP) is 7.19. The van der Waals surface area contributed by atoms with Gasteiger partial charge < -0.3 is 10.2 Å². The highest BCUT2D eigenvalue weighted by Gasteiger charge is 2.54. The van der Waals surface area contributed by atoms with E-state index in [-0.39, 0.29) is 10.8 Å². The summed E-state index contributed by atoms with van der Waals surface area (Å²) in [5.41, 5.74) is 3.00. The fourth-order valence-corrected chi connectivity index (χ4v) is 11.1. The summed E-state index contributed by atoms with van der Waals surface area (Å²) in [5.74, 6) is 6.14. The van der Waals surface area contributed by atoms with Gasteiger partial charge in [0.2, 0.25) is 0 Å². The van der Waals surface area contributed by atoms with E-state index in [9.17, 15) is 10.2 Å². The highest BCUT2D eigenvalue weighted by atomic mass is 16.3. The first kappa shape index (κ1) is 18.7. The lowest BCUT2D eigenvalue weighted by Gasteiger charge is -2.57. The summed E-state index contributed by atoms with van der Waals surface area (Å²) < 4.78 is 0. The molecule has 0 amide bonds. The summed E-state index contributed by atoms with van der Waals surface area (Å²) in [6.45, 7) is 0. The average Bonchev–Trinajstić information content (AvgIpc) is 2.71. The van der Waals surface area contributed by atoms with Gasteiger partial charge in [0.05, 0.1) is 0 Å². The second kappa shape index (κ2) is 6.05. The molecular formula is C30H36O2. The first-order chi connectivity index (χ1) is 15.5. The Labute approximate surface area is 191 Å². The van der Waals surface area contributed by atoms with Crippen molar-refractivity contribution in [3.8, 4) is 11.5 Å². The van der Waals surface area contributed by atoms with E-state index in [1.165, 1.54) is 82.6 Å². The molecule has 0 heterocycles. The largest absolute Gasteiger partial charge is 0.508 e. The molecule has 8 fully saturated rings. The standard InChI is InChI=1S/C30H36O2/c31-27-2-1-25(29-11-17-3-18(12-29)5-19(4-17)13-29)23-10-28(32)26(9-24(23)27)30-14-20-6-21(15-30)8-22(7-20)16-30/h1-2,9-10,17-22,31-32H,3-8,11-16H2. The summed E-state index contributed by atoms with van der Waals surface area (Å²) in [5, 5.41) is 24.6. The van der Waals surface area contributed by atoms with Crippen molar-refractivity contribution in [2.24, 2.45) is 35.5 Å². The Balaban J connectivity index is 1.29. The number of benzene rings is 2. The van der Waals surface area contributed by atoms with E-state index < -0.39 is 0 Å². The van der Waals surface area contributed by atoms with Crippen molar-refractivity contribution in [2.75, 3.05) is 0 Å². The third-order valence-corrected chi connectivity index (χ3v) is 11.3. The van der Waals surface area contributed by atoms with E-state index in [1.807, 2.05) is 6.07 Å². The summed E-state index contributed by atoms with van der Waals surface area (Å²) in [7, 11) is 0. The maximum absolute atomic E-state index is 11.5. The van der Waals surface area contributed by atoms with E-state index >= 15 is 0 Å². The van der Waals surface area contributed by atoms with Gasteiger partial charge in [0.25, 0.3) is 0 Å². The van der Waals surface area contributed by atoms with Crippen LogP contribution in [0.2, 0.25) is 0 Å². The molecular weight excluding hydrogens is 392 g/mol. The summed E-state index contributed by atoms with van der Waals surface area (Å²) >= 11 is 0. The molecule has 2 heteroatoms. The van der Waals surface area contributed by atoms with E-state index in [2.05, 4.69) is 18.2 Å². The van der Waals surface area contributed by atoms with Crippen LogP contribution in [-0.2, 0) is 10.8 Å². The molecule has 0 aliphatic heterocycles. The molecule has 0 saturated heterocycles. The summed E-state index contributed by atoms with van der Waals surface area (Å²) in [6, 6.07) is 8.50. The van der Waals surface area contributed by atoms with Crippen LogP contribution < -0.4 is 0 Å². The number of phenolic OH excluding ortho intramolecular Hbond substituents is 2. The number of phenols is 2. The molecule has 8 saturated carbocycles. The molecule has 168 valence electrons. The number of hydrogen-bond acceptors (Lipinski definition) is 2. The van der Waals surface area contributed by atoms with Crippen molar-refractivity contribution < 1.29 is 10.2 Å². The van der Waals surface area contributed by atoms with Crippen LogP contribution in [0.15, 0.2) is 24.3 Å². The molecule has 0 aromatic heterocycles. The molecule has 0 atom stereocenters. The minimum atomic E-state index is 0.149. The molecule has 2 N–H and O–H groups in total. The molecule has 32 heavy (non-hydrogen) atoms. The van der Waals surface area contributed by atoms with Gasteiger partial charge in [-0.05, 0) is 153 Å². The van der Waals surface area contributed by atoms with Gasteiger partial charge in [-0.15, -0.1) is 0 Å². The lowest BCUT2D eigenvalue weighted by Crippen LogP contribution is -2.48. The monoisotopic (exact) mass is 428 g/mol. The molecule has 2 aromatic rings. The zero-order valence-electron chi connectivity index (χ0n) is 19.2. The van der Waals surface area contributed by atoms with Crippen molar-refractivity contribution in [1.82, 2.24) is 0 Å². The first-order valence-electron chi connectivity index (χ1n) is 13.5. The Kier molecular flexibility index (Phi) is 3.53. The minimum Gasteiger partial charge on any atom is -0.508 e. The van der Waals surface area contributed by atoms with Gasteiger partial charge in [0.15, 0.2) is 0 Å². The van der Waals surface area contributed by atoms with Gasteiger partial charge in [-0.2, -0.15) is 0 Å². The normalized spacial score (nSPS) is 45.8. The fourth-order valence-electron chi connectivity index (χ4n) is 11.1. The minimum absolute atomic E-state index is 0.149. The Morgan fingerprint density at radius 2 is 0.938 bits per heavy atom. The van der Waals surface area contributed by atoms with Crippen molar-refractivity contribution in [3.63, 3.8) is 0 Å². The summed E-state index contributed by atoms with van der Waals surface area (Å²) in [6.07, 6.45) is 16.2. The molecule has 2 aromatic carbocycles. The van der Waals surface area contributed by atoms with Gasteiger partial charge in [-0.3, -0.25) is 0 Å². The highest BCUT2D eigenvalue weighted by Crippen LogP contribution is 2.64.